The number of nitrogens with zero attached hydrogens (tertiary/aromatic N) is 1. The number of hydrogen-bond acceptors (Lipinski definition) is 5. The Bertz CT molecular complexity index is 1420. The maximum absolute atomic E-state index is 12.8. The zero-order valence-electron chi connectivity index (χ0n) is 19.4. The van der Waals surface area contributed by atoms with Crippen LogP contribution in [0.4, 0.5) is 5.69 Å². The van der Waals surface area contributed by atoms with Gasteiger partial charge in [0.25, 0.3) is 0 Å². The molecule has 0 aliphatic rings. The van der Waals surface area contributed by atoms with Gasteiger partial charge in [0.15, 0.2) is 0 Å². The van der Waals surface area contributed by atoms with Crippen molar-refractivity contribution in [1.29, 1.82) is 0 Å². The van der Waals surface area contributed by atoms with Crippen LogP contribution in [0.3, 0.4) is 0 Å². The molecule has 174 valence electrons. The summed E-state index contributed by atoms with van der Waals surface area (Å²) in [5.41, 5.74) is 4.01. The number of benzene rings is 3. The Balaban J connectivity index is 1.89. The normalized spacial score (nSPS) is 12.0. The summed E-state index contributed by atoms with van der Waals surface area (Å²) < 4.78 is 23.5. The summed E-state index contributed by atoms with van der Waals surface area (Å²) in [5.74, 6) is 1.32. The van der Waals surface area contributed by atoms with Gasteiger partial charge in [-0.15, -0.1) is 0 Å². The highest BCUT2D eigenvalue weighted by atomic mass is 31.2. The van der Waals surface area contributed by atoms with Gasteiger partial charge in [-0.3, -0.25) is 9.36 Å². The zero-order valence-corrected chi connectivity index (χ0v) is 20.3. The molecule has 1 N–H and O–H groups in total. The van der Waals surface area contributed by atoms with Crippen LogP contribution in [0.2, 0.25) is 0 Å². The second-order valence-electron chi connectivity index (χ2n) is 7.73. The SMILES string of the molecule is CCOP(=O)(C=Cc1ccc2cc(NC(C)=O)cc(-c3cccc4ccccc34)c2n1)OCC. The molecular formula is C27H27N2O4P. The molecule has 34 heavy (non-hydrogen) atoms. The van der Waals surface area contributed by atoms with Gasteiger partial charge in [-0.05, 0) is 54.5 Å². The van der Waals surface area contributed by atoms with Crippen LogP contribution in [0.15, 0.2) is 72.5 Å². The molecule has 0 aliphatic carbocycles. The minimum Gasteiger partial charge on any atom is -0.326 e. The Morgan fingerprint density at radius 1 is 0.941 bits per heavy atom. The molecule has 0 atom stereocenters. The molecule has 4 aromatic rings. The van der Waals surface area contributed by atoms with Gasteiger partial charge in [0.05, 0.1) is 24.4 Å². The highest BCUT2D eigenvalue weighted by Crippen LogP contribution is 2.50. The van der Waals surface area contributed by atoms with Crippen molar-refractivity contribution in [3.63, 3.8) is 0 Å². The first-order chi connectivity index (χ1) is 16.4. The highest BCUT2D eigenvalue weighted by Gasteiger charge is 2.19. The summed E-state index contributed by atoms with van der Waals surface area (Å²) in [5, 5.41) is 5.97. The smallest absolute Gasteiger partial charge is 0.326 e. The van der Waals surface area contributed by atoms with E-state index in [9.17, 15) is 9.36 Å². The van der Waals surface area contributed by atoms with E-state index in [0.717, 1.165) is 32.8 Å². The van der Waals surface area contributed by atoms with Crippen molar-refractivity contribution in [2.24, 2.45) is 0 Å². The minimum atomic E-state index is -3.34. The molecule has 1 amide bonds. The first-order valence-electron chi connectivity index (χ1n) is 11.2. The van der Waals surface area contributed by atoms with E-state index < -0.39 is 7.60 Å². The lowest BCUT2D eigenvalue weighted by molar-refractivity contribution is -0.114. The quantitative estimate of drug-likeness (QED) is 0.272. The van der Waals surface area contributed by atoms with Crippen LogP contribution in [0.5, 0.6) is 0 Å². The molecule has 0 saturated carbocycles. The Labute approximate surface area is 199 Å². The number of carbonyl (C=O) groups excluding carboxylic acids is 1. The third kappa shape index (κ3) is 5.26. The van der Waals surface area contributed by atoms with Gasteiger partial charge >= 0.3 is 7.60 Å². The number of carbonyl (C=O) groups is 1. The molecule has 1 heterocycles. The molecule has 0 saturated heterocycles. The summed E-state index contributed by atoms with van der Waals surface area (Å²) >= 11 is 0. The molecule has 0 unspecified atom stereocenters. The molecular weight excluding hydrogens is 447 g/mol. The summed E-state index contributed by atoms with van der Waals surface area (Å²) in [7, 11) is -3.34. The number of pyridine rings is 1. The van der Waals surface area contributed by atoms with E-state index in [4.69, 9.17) is 14.0 Å². The van der Waals surface area contributed by atoms with E-state index in [1.807, 2.05) is 42.5 Å². The molecule has 0 spiro atoms. The van der Waals surface area contributed by atoms with Crippen molar-refractivity contribution >= 4 is 46.9 Å². The van der Waals surface area contributed by atoms with E-state index in [2.05, 4.69) is 29.6 Å². The highest BCUT2D eigenvalue weighted by molar-refractivity contribution is 7.57. The number of aromatic nitrogens is 1. The lowest BCUT2D eigenvalue weighted by Crippen LogP contribution is -2.06. The number of rotatable bonds is 8. The van der Waals surface area contributed by atoms with Crippen LogP contribution >= 0.6 is 7.60 Å². The number of anilines is 1. The predicted molar refractivity (Wildman–Crippen MR) is 139 cm³/mol. The average Bonchev–Trinajstić information content (AvgIpc) is 2.82. The Morgan fingerprint density at radius 3 is 2.41 bits per heavy atom. The fourth-order valence-corrected chi connectivity index (χ4v) is 5.24. The van der Waals surface area contributed by atoms with Crippen LogP contribution in [0.1, 0.15) is 26.5 Å². The molecule has 7 heteroatoms. The standard InChI is InChI=1S/C27H27N2O4P/c1-4-32-34(31,33-5-2)16-15-22-14-13-21-17-23(28-19(3)30)18-26(27(21)29-22)25-12-8-10-20-9-6-7-11-24(20)25/h6-18H,4-5H2,1-3H3,(H,28,30). The van der Waals surface area contributed by atoms with E-state index in [1.54, 1.807) is 19.9 Å². The van der Waals surface area contributed by atoms with Crippen molar-refractivity contribution in [3.05, 3.63) is 78.2 Å². The van der Waals surface area contributed by atoms with Gasteiger partial charge in [-0.1, -0.05) is 48.5 Å². The van der Waals surface area contributed by atoms with E-state index >= 15 is 0 Å². The van der Waals surface area contributed by atoms with Crippen LogP contribution in [0.25, 0.3) is 38.9 Å². The van der Waals surface area contributed by atoms with Gasteiger partial charge in [0, 0.05) is 29.4 Å². The van der Waals surface area contributed by atoms with E-state index in [0.29, 0.717) is 11.4 Å². The van der Waals surface area contributed by atoms with Crippen LogP contribution in [0, 0.1) is 0 Å². The largest absolute Gasteiger partial charge is 0.354 e. The second kappa shape index (κ2) is 10.3. The van der Waals surface area contributed by atoms with Gasteiger partial charge in [-0.2, -0.15) is 0 Å². The Kier molecular flexibility index (Phi) is 7.23. The monoisotopic (exact) mass is 474 g/mol. The van der Waals surface area contributed by atoms with Crippen molar-refractivity contribution in [2.45, 2.75) is 20.8 Å². The average molecular weight is 474 g/mol. The van der Waals surface area contributed by atoms with E-state index in [-0.39, 0.29) is 19.1 Å². The minimum absolute atomic E-state index is 0.140. The topological polar surface area (TPSA) is 77.5 Å². The van der Waals surface area contributed by atoms with Crippen molar-refractivity contribution in [1.82, 2.24) is 4.98 Å². The Hall–Kier alpha value is -3.31. The molecule has 3 aromatic carbocycles. The number of nitrogens with one attached hydrogen (secondary N) is 1. The summed E-state index contributed by atoms with van der Waals surface area (Å²) in [6.45, 7) is 5.60. The first-order valence-corrected chi connectivity index (χ1v) is 12.8. The van der Waals surface area contributed by atoms with Crippen LogP contribution < -0.4 is 5.32 Å². The summed E-state index contributed by atoms with van der Waals surface area (Å²) in [6.07, 6.45) is 1.67. The summed E-state index contributed by atoms with van der Waals surface area (Å²) in [4.78, 5) is 16.6. The maximum Gasteiger partial charge on any atom is 0.354 e. The van der Waals surface area contributed by atoms with Crippen LogP contribution in [-0.4, -0.2) is 24.1 Å². The molecule has 1 aromatic heterocycles. The van der Waals surface area contributed by atoms with Crippen molar-refractivity contribution < 1.29 is 18.4 Å². The number of amides is 1. The third-order valence-electron chi connectivity index (χ3n) is 5.26. The molecule has 0 radical (unpaired) electrons. The molecule has 0 aliphatic heterocycles. The van der Waals surface area contributed by atoms with Gasteiger partial charge in [0.1, 0.15) is 0 Å². The lowest BCUT2D eigenvalue weighted by Gasteiger charge is -2.14. The summed E-state index contributed by atoms with van der Waals surface area (Å²) in [6, 6.07) is 21.9. The fourth-order valence-electron chi connectivity index (χ4n) is 3.93. The van der Waals surface area contributed by atoms with Crippen molar-refractivity contribution in [2.75, 3.05) is 18.5 Å². The predicted octanol–water partition coefficient (Wildman–Crippen LogP) is 7.25. The molecule has 0 bridgehead atoms. The van der Waals surface area contributed by atoms with Gasteiger partial charge in [0.2, 0.25) is 5.91 Å². The van der Waals surface area contributed by atoms with Gasteiger partial charge < -0.3 is 14.4 Å². The van der Waals surface area contributed by atoms with Crippen LogP contribution in [-0.2, 0) is 18.4 Å². The zero-order chi connectivity index (χ0) is 24.1. The second-order valence-corrected chi connectivity index (χ2v) is 9.62. The van der Waals surface area contributed by atoms with Gasteiger partial charge in [-0.25, -0.2) is 4.98 Å². The number of hydrogen-bond donors (Lipinski definition) is 1. The number of fused-ring (bicyclic) bond motifs is 2. The van der Waals surface area contributed by atoms with Crippen molar-refractivity contribution in [3.8, 4) is 11.1 Å². The fraction of sp³-hybridized carbons (Fsp3) is 0.185. The maximum atomic E-state index is 12.8. The van der Waals surface area contributed by atoms with E-state index in [1.165, 1.54) is 12.7 Å². The first kappa shape index (κ1) is 23.8. The molecule has 6 nitrogen and oxygen atoms in total. The third-order valence-corrected chi connectivity index (χ3v) is 7.01. The Morgan fingerprint density at radius 2 is 1.68 bits per heavy atom. The molecule has 0 fully saturated rings. The molecule has 4 rings (SSSR count). The lowest BCUT2D eigenvalue weighted by atomic mass is 9.95.